The molecular formula is C43H56N4O10. The number of aliphatic hydroxyl groups is 4. The van der Waals surface area contributed by atoms with E-state index in [9.17, 15) is 34.8 Å². The third kappa shape index (κ3) is 10.1. The standard InChI is InChI=1S/C43H56N4O10/c1-26(2)47(27(3)4)21-18-43(42(44)54,35-11-7-9-19-45-35)30-14-16-31(17-15-30)55-22-10-6-5-8-20-46-40(52)32-23-28-12-13-29(24-33(28)57-41(32)53)39-38(51)37(50)36(49)34(25-48)56-39/h7,9,11-17,19,23-24,26-27,34,36-39,48-51H,5-6,8,10,18,20-22,25H2,1-4H3,(H2,44,54)(H,46,52)/t34-,36+,37+,38-,39+,43?/m1/s1. The first-order valence-corrected chi connectivity index (χ1v) is 19.7. The predicted molar refractivity (Wildman–Crippen MR) is 214 cm³/mol. The van der Waals surface area contributed by atoms with E-state index in [4.69, 9.17) is 19.6 Å². The minimum atomic E-state index is -1.55. The number of benzene rings is 2. The average Bonchev–Trinajstić information content (AvgIpc) is 3.19. The molecule has 1 fully saturated rings. The summed E-state index contributed by atoms with van der Waals surface area (Å²) in [6.45, 7) is 9.51. The molecule has 1 aliphatic rings. The highest BCUT2D eigenvalue weighted by Gasteiger charge is 2.44. The quantitative estimate of drug-likeness (QED) is 0.0596. The second-order valence-corrected chi connectivity index (χ2v) is 15.2. The van der Waals surface area contributed by atoms with Gasteiger partial charge in [0.1, 0.15) is 52.8 Å². The highest BCUT2D eigenvalue weighted by molar-refractivity contribution is 5.96. The normalized spacial score (nSPS) is 20.9. The summed E-state index contributed by atoms with van der Waals surface area (Å²) in [5.74, 6) is -0.336. The summed E-state index contributed by atoms with van der Waals surface area (Å²) in [5, 5.41) is 43.4. The Morgan fingerprint density at radius 1 is 0.930 bits per heavy atom. The number of carbonyl (C=O) groups is 2. The van der Waals surface area contributed by atoms with E-state index in [1.54, 1.807) is 18.3 Å². The Bertz CT molecular complexity index is 1980. The van der Waals surface area contributed by atoms with Gasteiger partial charge in [-0.05, 0) is 94.5 Å². The van der Waals surface area contributed by atoms with Crippen LogP contribution in [0.3, 0.4) is 0 Å². The van der Waals surface area contributed by atoms with Crippen LogP contribution in [0.1, 0.15) is 93.1 Å². The van der Waals surface area contributed by atoms with Crippen LogP contribution in [0, 0.1) is 0 Å². The number of unbranched alkanes of at least 4 members (excludes halogenated alkanes) is 3. The number of aromatic nitrogens is 1. The van der Waals surface area contributed by atoms with Crippen molar-refractivity contribution in [3.05, 3.63) is 106 Å². The molecule has 14 heteroatoms. The maximum atomic E-state index is 13.3. The minimum absolute atomic E-state index is 0.141. The molecule has 0 spiro atoms. The topological polar surface area (TPSA) is 218 Å². The monoisotopic (exact) mass is 788 g/mol. The lowest BCUT2D eigenvalue weighted by molar-refractivity contribution is -0.231. The molecule has 3 heterocycles. The zero-order valence-corrected chi connectivity index (χ0v) is 33.0. The van der Waals surface area contributed by atoms with E-state index in [0.29, 0.717) is 67.0 Å². The number of carbonyl (C=O) groups excluding carboxylic acids is 2. The number of aliphatic hydroxyl groups excluding tert-OH is 4. The number of hydrogen-bond acceptors (Lipinski definition) is 12. The summed E-state index contributed by atoms with van der Waals surface area (Å²) in [6, 6.07) is 19.7. The minimum Gasteiger partial charge on any atom is -0.494 e. The molecule has 2 aromatic carbocycles. The Kier molecular flexibility index (Phi) is 15.0. The highest BCUT2D eigenvalue weighted by atomic mass is 16.5. The molecule has 308 valence electrons. The second kappa shape index (κ2) is 19.6. The summed E-state index contributed by atoms with van der Waals surface area (Å²) in [7, 11) is 0. The lowest BCUT2D eigenvalue weighted by Crippen LogP contribution is -2.55. The van der Waals surface area contributed by atoms with E-state index in [2.05, 4.69) is 42.9 Å². The summed E-state index contributed by atoms with van der Waals surface area (Å²) >= 11 is 0. The van der Waals surface area contributed by atoms with Gasteiger partial charge in [0.15, 0.2) is 0 Å². The largest absolute Gasteiger partial charge is 0.494 e. The van der Waals surface area contributed by atoms with Crippen LogP contribution in [0.4, 0.5) is 0 Å². The van der Waals surface area contributed by atoms with Crippen molar-refractivity contribution >= 4 is 22.8 Å². The first-order chi connectivity index (χ1) is 27.3. The molecule has 6 atom stereocenters. The maximum absolute atomic E-state index is 13.3. The summed E-state index contributed by atoms with van der Waals surface area (Å²) in [4.78, 5) is 45.8. The average molecular weight is 789 g/mol. The molecule has 0 bridgehead atoms. The second-order valence-electron chi connectivity index (χ2n) is 15.2. The van der Waals surface area contributed by atoms with E-state index < -0.39 is 60.0 Å². The van der Waals surface area contributed by atoms with Crippen molar-refractivity contribution in [1.82, 2.24) is 15.2 Å². The van der Waals surface area contributed by atoms with Crippen LogP contribution >= 0.6 is 0 Å². The summed E-state index contributed by atoms with van der Waals surface area (Å²) < 4.78 is 17.0. The number of nitrogens with zero attached hydrogens (tertiary/aromatic N) is 2. The van der Waals surface area contributed by atoms with Gasteiger partial charge in [-0.25, -0.2) is 4.79 Å². The molecule has 2 amide bonds. The molecule has 57 heavy (non-hydrogen) atoms. The number of fused-ring (bicyclic) bond motifs is 1. The van der Waals surface area contributed by atoms with Crippen LogP contribution in [0.25, 0.3) is 11.0 Å². The Hall–Kier alpha value is -4.70. The van der Waals surface area contributed by atoms with E-state index >= 15 is 0 Å². The zero-order valence-electron chi connectivity index (χ0n) is 33.0. The van der Waals surface area contributed by atoms with E-state index in [1.165, 1.54) is 12.1 Å². The molecule has 4 aromatic rings. The Morgan fingerprint density at radius 2 is 1.65 bits per heavy atom. The Morgan fingerprint density at radius 3 is 2.30 bits per heavy atom. The molecule has 14 nitrogen and oxygen atoms in total. The molecule has 2 aromatic heterocycles. The van der Waals surface area contributed by atoms with Gasteiger partial charge >= 0.3 is 5.63 Å². The molecule has 0 saturated carbocycles. The molecule has 0 aliphatic carbocycles. The van der Waals surface area contributed by atoms with Crippen LogP contribution in [-0.4, -0.2) is 105 Å². The van der Waals surface area contributed by atoms with Gasteiger partial charge in [0, 0.05) is 36.8 Å². The van der Waals surface area contributed by atoms with Crippen molar-refractivity contribution < 1.29 is 43.9 Å². The fourth-order valence-electron chi connectivity index (χ4n) is 7.58. The lowest BCUT2D eigenvalue weighted by atomic mass is 9.73. The summed E-state index contributed by atoms with van der Waals surface area (Å²) in [5.41, 5.74) is 5.96. The lowest BCUT2D eigenvalue weighted by Gasteiger charge is -2.40. The molecule has 1 unspecified atom stereocenters. The Labute approximate surface area is 332 Å². The maximum Gasteiger partial charge on any atom is 0.349 e. The SMILES string of the molecule is CC(C)N(CCC(C(N)=O)(c1ccc(OCCCCCCNC(=O)c2cc3ccc([C@@H]4O[C@H](CO)[C@H](O)[C@H](O)[C@H]4O)cc3oc2=O)cc1)c1ccccn1)C(C)C. The van der Waals surface area contributed by atoms with Gasteiger partial charge in [-0.3, -0.25) is 19.5 Å². The van der Waals surface area contributed by atoms with Gasteiger partial charge in [-0.15, -0.1) is 0 Å². The number of amides is 2. The number of pyridine rings is 1. The molecule has 1 aliphatic heterocycles. The van der Waals surface area contributed by atoms with Crippen LogP contribution < -0.4 is 21.4 Å². The molecule has 5 rings (SSSR count). The van der Waals surface area contributed by atoms with Crippen molar-refractivity contribution in [3.8, 4) is 5.75 Å². The number of rotatable bonds is 19. The van der Waals surface area contributed by atoms with E-state index in [0.717, 1.165) is 24.8 Å². The van der Waals surface area contributed by atoms with Crippen LogP contribution in [0.5, 0.6) is 5.75 Å². The number of nitrogens with two attached hydrogens (primary N) is 1. The summed E-state index contributed by atoms with van der Waals surface area (Å²) in [6.07, 6.45) is -1.40. The first kappa shape index (κ1) is 43.4. The highest BCUT2D eigenvalue weighted by Crippen LogP contribution is 2.37. The zero-order chi connectivity index (χ0) is 41.3. The molecule has 1 saturated heterocycles. The van der Waals surface area contributed by atoms with E-state index in [1.807, 2.05) is 42.5 Å². The van der Waals surface area contributed by atoms with Gasteiger partial charge in [0.05, 0.1) is 18.9 Å². The fourth-order valence-corrected chi connectivity index (χ4v) is 7.58. The van der Waals surface area contributed by atoms with Crippen LogP contribution in [0.2, 0.25) is 0 Å². The Balaban J connectivity index is 1.09. The third-order valence-electron chi connectivity index (χ3n) is 10.8. The fraction of sp³-hybridized carbons (Fsp3) is 0.488. The number of hydrogen-bond donors (Lipinski definition) is 6. The van der Waals surface area contributed by atoms with Crippen molar-refractivity contribution in [1.29, 1.82) is 0 Å². The molecule has 7 N–H and O–H groups in total. The number of nitrogens with one attached hydrogen (secondary N) is 1. The van der Waals surface area contributed by atoms with Crippen molar-refractivity contribution in [2.24, 2.45) is 5.73 Å². The van der Waals surface area contributed by atoms with Gasteiger partial charge in [-0.1, -0.05) is 43.2 Å². The van der Waals surface area contributed by atoms with Crippen molar-refractivity contribution in [2.45, 2.75) is 108 Å². The van der Waals surface area contributed by atoms with Crippen molar-refractivity contribution in [3.63, 3.8) is 0 Å². The van der Waals surface area contributed by atoms with Gasteiger partial charge in [0.2, 0.25) is 5.91 Å². The number of primary amides is 1. The molecule has 0 radical (unpaired) electrons. The van der Waals surface area contributed by atoms with E-state index in [-0.39, 0.29) is 11.1 Å². The first-order valence-electron chi connectivity index (χ1n) is 19.7. The van der Waals surface area contributed by atoms with Gasteiger partial charge in [-0.2, -0.15) is 0 Å². The van der Waals surface area contributed by atoms with Crippen molar-refractivity contribution in [2.75, 3.05) is 26.3 Å². The number of ether oxygens (including phenoxy) is 2. The van der Waals surface area contributed by atoms with Gasteiger partial charge in [0.25, 0.3) is 5.91 Å². The van der Waals surface area contributed by atoms with Crippen LogP contribution in [0.15, 0.2) is 82.1 Å². The van der Waals surface area contributed by atoms with Gasteiger partial charge < -0.3 is 45.4 Å². The predicted octanol–water partition coefficient (Wildman–Crippen LogP) is 3.35. The smallest absolute Gasteiger partial charge is 0.349 e. The molecular weight excluding hydrogens is 732 g/mol. The van der Waals surface area contributed by atoms with Crippen LogP contribution in [-0.2, 0) is 14.9 Å². The third-order valence-corrected chi connectivity index (χ3v) is 10.8.